The second-order valence-corrected chi connectivity index (χ2v) is 4.85. The highest BCUT2D eigenvalue weighted by Gasteiger charge is 2.25. The van der Waals surface area contributed by atoms with E-state index in [4.69, 9.17) is 5.73 Å². The topological polar surface area (TPSA) is 75.3 Å². The predicted molar refractivity (Wildman–Crippen MR) is 72.6 cm³/mol. The maximum absolute atomic E-state index is 9.49. The van der Waals surface area contributed by atoms with Crippen LogP contribution in [0, 0.1) is 6.92 Å². The predicted octanol–water partition coefficient (Wildman–Crippen LogP) is 1.28. The number of rotatable bonds is 3. The van der Waals surface area contributed by atoms with E-state index < -0.39 is 0 Å². The average Bonchev–Trinajstić information content (AvgIpc) is 2.41. The van der Waals surface area contributed by atoms with Crippen molar-refractivity contribution in [3.05, 3.63) is 11.4 Å². The molecule has 0 aromatic carbocycles. The van der Waals surface area contributed by atoms with Gasteiger partial charge in [-0.05, 0) is 26.2 Å². The summed E-state index contributed by atoms with van der Waals surface area (Å²) < 4.78 is 0. The first-order valence-electron chi connectivity index (χ1n) is 6.67. The van der Waals surface area contributed by atoms with E-state index in [2.05, 4.69) is 14.9 Å². The van der Waals surface area contributed by atoms with Crippen molar-refractivity contribution < 1.29 is 5.11 Å². The second kappa shape index (κ2) is 5.52. The van der Waals surface area contributed by atoms with Gasteiger partial charge in [0.1, 0.15) is 17.5 Å². The molecular weight excluding hydrogens is 228 g/mol. The van der Waals surface area contributed by atoms with Crippen molar-refractivity contribution in [1.29, 1.82) is 0 Å². The second-order valence-electron chi connectivity index (χ2n) is 4.85. The monoisotopic (exact) mass is 250 g/mol. The minimum atomic E-state index is 0.163. The van der Waals surface area contributed by atoms with Crippen LogP contribution >= 0.6 is 0 Å². The van der Waals surface area contributed by atoms with Crippen LogP contribution in [0.15, 0.2) is 0 Å². The third kappa shape index (κ3) is 2.41. The van der Waals surface area contributed by atoms with Gasteiger partial charge in [-0.25, -0.2) is 9.97 Å². The average molecular weight is 250 g/mol. The maximum atomic E-state index is 9.49. The summed E-state index contributed by atoms with van der Waals surface area (Å²) in [5.41, 5.74) is 6.87. The lowest BCUT2D eigenvalue weighted by Gasteiger charge is -2.36. The number of aromatic nitrogens is 2. The third-order valence-electron chi connectivity index (χ3n) is 3.63. The highest BCUT2D eigenvalue weighted by atomic mass is 16.3. The lowest BCUT2D eigenvalue weighted by atomic mass is 10.0. The number of aryl methyl sites for hydroxylation is 1. The fraction of sp³-hybridized carbons (Fsp3) is 0.692. The molecule has 0 saturated carbocycles. The largest absolute Gasteiger partial charge is 0.394 e. The number of nitrogen functional groups attached to an aromatic ring is 1. The van der Waals surface area contributed by atoms with Gasteiger partial charge in [-0.1, -0.05) is 6.92 Å². The number of anilines is 2. The number of hydrogen-bond donors (Lipinski definition) is 2. The first-order valence-corrected chi connectivity index (χ1v) is 6.67. The Balaban J connectivity index is 2.38. The van der Waals surface area contributed by atoms with Gasteiger partial charge in [0, 0.05) is 18.5 Å². The van der Waals surface area contributed by atoms with E-state index in [1.807, 2.05) is 13.8 Å². The van der Waals surface area contributed by atoms with Crippen LogP contribution in [0.25, 0.3) is 0 Å². The first-order chi connectivity index (χ1) is 8.67. The van der Waals surface area contributed by atoms with Crippen LogP contribution in [0.5, 0.6) is 0 Å². The molecule has 100 valence electrons. The van der Waals surface area contributed by atoms with Crippen molar-refractivity contribution in [2.75, 3.05) is 23.8 Å². The summed E-state index contributed by atoms with van der Waals surface area (Å²) in [4.78, 5) is 11.1. The molecule has 0 aliphatic carbocycles. The lowest BCUT2D eigenvalue weighted by molar-refractivity contribution is 0.239. The highest BCUT2D eigenvalue weighted by molar-refractivity contribution is 5.57. The molecule has 0 radical (unpaired) electrons. The molecule has 2 heterocycles. The molecule has 0 spiro atoms. The van der Waals surface area contributed by atoms with Crippen LogP contribution < -0.4 is 10.6 Å². The molecule has 1 saturated heterocycles. The normalized spacial score (nSPS) is 20.2. The zero-order valence-corrected chi connectivity index (χ0v) is 11.2. The molecule has 1 unspecified atom stereocenters. The van der Waals surface area contributed by atoms with E-state index in [0.717, 1.165) is 43.0 Å². The summed E-state index contributed by atoms with van der Waals surface area (Å²) in [5.74, 6) is 2.23. The van der Waals surface area contributed by atoms with Crippen molar-refractivity contribution >= 4 is 11.6 Å². The first kappa shape index (κ1) is 13.1. The number of aliphatic hydroxyl groups is 1. The van der Waals surface area contributed by atoms with Crippen molar-refractivity contribution in [1.82, 2.24) is 9.97 Å². The van der Waals surface area contributed by atoms with Gasteiger partial charge in [-0.3, -0.25) is 0 Å². The van der Waals surface area contributed by atoms with Crippen molar-refractivity contribution in [2.24, 2.45) is 0 Å². The Morgan fingerprint density at radius 3 is 2.83 bits per heavy atom. The van der Waals surface area contributed by atoms with Crippen LogP contribution in [-0.2, 0) is 6.42 Å². The number of piperidine rings is 1. The number of hydrogen-bond acceptors (Lipinski definition) is 5. The summed E-state index contributed by atoms with van der Waals surface area (Å²) in [6.45, 7) is 5.08. The third-order valence-corrected chi connectivity index (χ3v) is 3.63. The SMILES string of the molecule is CCc1nc(N)c(C)c(N2CCCCC2CO)n1. The van der Waals surface area contributed by atoms with Crippen LogP contribution in [0.3, 0.4) is 0 Å². The van der Waals surface area contributed by atoms with E-state index in [-0.39, 0.29) is 12.6 Å². The zero-order valence-electron chi connectivity index (χ0n) is 11.2. The fourth-order valence-electron chi connectivity index (χ4n) is 2.48. The van der Waals surface area contributed by atoms with E-state index in [0.29, 0.717) is 5.82 Å². The molecular formula is C13H22N4O. The summed E-state index contributed by atoms with van der Waals surface area (Å²) in [6.07, 6.45) is 4.10. The molecule has 0 amide bonds. The Morgan fingerprint density at radius 1 is 1.39 bits per heavy atom. The Labute approximate surface area is 108 Å². The van der Waals surface area contributed by atoms with Gasteiger partial charge in [0.25, 0.3) is 0 Å². The Bertz CT molecular complexity index is 422. The highest BCUT2D eigenvalue weighted by Crippen LogP contribution is 2.28. The van der Waals surface area contributed by atoms with Crippen molar-refractivity contribution in [3.63, 3.8) is 0 Å². The molecule has 5 nitrogen and oxygen atoms in total. The standard InChI is InChI=1S/C13H22N4O/c1-3-11-15-12(14)9(2)13(16-11)17-7-5-4-6-10(17)8-18/h10,18H,3-8H2,1-2H3,(H2,14,15,16). The van der Waals surface area contributed by atoms with Crippen molar-refractivity contribution in [2.45, 2.75) is 45.6 Å². The summed E-state index contributed by atoms with van der Waals surface area (Å²) in [5, 5.41) is 9.49. The van der Waals surface area contributed by atoms with Gasteiger partial charge < -0.3 is 15.7 Å². The lowest BCUT2D eigenvalue weighted by Crippen LogP contribution is -2.43. The van der Waals surface area contributed by atoms with Gasteiger partial charge in [0.2, 0.25) is 0 Å². The number of nitrogens with two attached hydrogens (primary N) is 1. The molecule has 1 aromatic rings. The van der Waals surface area contributed by atoms with Crippen LogP contribution in [-0.4, -0.2) is 34.3 Å². The van der Waals surface area contributed by atoms with E-state index >= 15 is 0 Å². The molecule has 18 heavy (non-hydrogen) atoms. The molecule has 1 aromatic heterocycles. The molecule has 2 rings (SSSR count). The van der Waals surface area contributed by atoms with Crippen LogP contribution in [0.2, 0.25) is 0 Å². The molecule has 1 atom stereocenters. The molecule has 1 aliphatic rings. The minimum absolute atomic E-state index is 0.163. The fourth-order valence-corrected chi connectivity index (χ4v) is 2.48. The van der Waals surface area contributed by atoms with Crippen LogP contribution in [0.1, 0.15) is 37.6 Å². The molecule has 1 aliphatic heterocycles. The summed E-state index contributed by atoms with van der Waals surface area (Å²) in [6, 6.07) is 0.163. The van der Waals surface area contributed by atoms with E-state index in [1.54, 1.807) is 0 Å². The van der Waals surface area contributed by atoms with Gasteiger partial charge >= 0.3 is 0 Å². The van der Waals surface area contributed by atoms with E-state index in [9.17, 15) is 5.11 Å². The van der Waals surface area contributed by atoms with Gasteiger partial charge in [0.05, 0.1) is 12.6 Å². The maximum Gasteiger partial charge on any atom is 0.137 e. The Morgan fingerprint density at radius 2 is 2.17 bits per heavy atom. The minimum Gasteiger partial charge on any atom is -0.394 e. The number of nitrogens with zero attached hydrogens (tertiary/aromatic N) is 3. The summed E-state index contributed by atoms with van der Waals surface area (Å²) >= 11 is 0. The van der Waals surface area contributed by atoms with E-state index in [1.165, 1.54) is 6.42 Å². The van der Waals surface area contributed by atoms with Gasteiger partial charge in [-0.15, -0.1) is 0 Å². The zero-order chi connectivity index (χ0) is 13.1. The van der Waals surface area contributed by atoms with Crippen molar-refractivity contribution in [3.8, 4) is 0 Å². The molecule has 5 heteroatoms. The smallest absolute Gasteiger partial charge is 0.137 e. The molecule has 0 bridgehead atoms. The van der Waals surface area contributed by atoms with Gasteiger partial charge in [0.15, 0.2) is 0 Å². The quantitative estimate of drug-likeness (QED) is 0.845. The Hall–Kier alpha value is -1.36. The summed E-state index contributed by atoms with van der Waals surface area (Å²) in [7, 11) is 0. The van der Waals surface area contributed by atoms with Gasteiger partial charge in [-0.2, -0.15) is 0 Å². The van der Waals surface area contributed by atoms with Crippen LogP contribution in [0.4, 0.5) is 11.6 Å². The Kier molecular flexibility index (Phi) is 4.01. The number of aliphatic hydroxyl groups excluding tert-OH is 1. The molecule has 1 fully saturated rings. The molecule has 3 N–H and O–H groups in total.